The Hall–Kier alpha value is -2.20. The van der Waals surface area contributed by atoms with Gasteiger partial charge in [0.15, 0.2) is 0 Å². The van der Waals surface area contributed by atoms with Crippen LogP contribution in [0.3, 0.4) is 0 Å². The fourth-order valence-electron chi connectivity index (χ4n) is 2.11. The van der Waals surface area contributed by atoms with Gasteiger partial charge < -0.3 is 5.73 Å². The lowest BCUT2D eigenvalue weighted by Gasteiger charge is -2.07. The third-order valence-electron chi connectivity index (χ3n) is 2.92. The Balaban J connectivity index is 2.30. The summed E-state index contributed by atoms with van der Waals surface area (Å²) in [5, 5.41) is 0. The van der Waals surface area contributed by atoms with E-state index in [4.69, 9.17) is 5.73 Å². The first-order valence-electron chi connectivity index (χ1n) is 5.71. The number of aromatic nitrogens is 2. The van der Waals surface area contributed by atoms with Gasteiger partial charge in [0.1, 0.15) is 11.6 Å². The number of halogens is 1. The second kappa shape index (κ2) is 4.23. The standard InChI is InChI=1S/C14H12FN3/c15-11-4-1-3-10(7-11)14-17-9-13-6-2-5-12(8-16)18(13)14/h1-7,9H,8,16H2. The van der Waals surface area contributed by atoms with E-state index in [1.807, 2.05) is 28.7 Å². The van der Waals surface area contributed by atoms with Gasteiger partial charge in [0.25, 0.3) is 0 Å². The predicted molar refractivity (Wildman–Crippen MR) is 68.5 cm³/mol. The number of hydrogen-bond donors (Lipinski definition) is 1. The maximum Gasteiger partial charge on any atom is 0.144 e. The monoisotopic (exact) mass is 241 g/mol. The van der Waals surface area contributed by atoms with Crippen LogP contribution in [0.5, 0.6) is 0 Å². The third-order valence-corrected chi connectivity index (χ3v) is 2.92. The minimum Gasteiger partial charge on any atom is -0.325 e. The highest BCUT2D eigenvalue weighted by Gasteiger charge is 2.09. The molecule has 2 aromatic heterocycles. The van der Waals surface area contributed by atoms with Gasteiger partial charge >= 0.3 is 0 Å². The Morgan fingerprint density at radius 3 is 2.78 bits per heavy atom. The molecule has 0 atom stereocenters. The van der Waals surface area contributed by atoms with Crippen LogP contribution in [0.1, 0.15) is 5.69 Å². The quantitative estimate of drug-likeness (QED) is 0.749. The summed E-state index contributed by atoms with van der Waals surface area (Å²) in [6.45, 7) is 0.413. The van der Waals surface area contributed by atoms with E-state index >= 15 is 0 Å². The van der Waals surface area contributed by atoms with E-state index in [0.29, 0.717) is 12.4 Å². The van der Waals surface area contributed by atoms with E-state index in [1.165, 1.54) is 12.1 Å². The first-order chi connectivity index (χ1) is 8.79. The van der Waals surface area contributed by atoms with Crippen LogP contribution in [0.25, 0.3) is 16.9 Å². The minimum atomic E-state index is -0.269. The topological polar surface area (TPSA) is 43.3 Å². The summed E-state index contributed by atoms with van der Waals surface area (Å²) in [5.41, 5.74) is 8.38. The molecule has 0 amide bonds. The van der Waals surface area contributed by atoms with Gasteiger partial charge in [0, 0.05) is 17.8 Å². The first kappa shape index (κ1) is 10.9. The van der Waals surface area contributed by atoms with Crippen LogP contribution < -0.4 is 5.73 Å². The molecular weight excluding hydrogens is 229 g/mol. The van der Waals surface area contributed by atoms with Crippen molar-refractivity contribution >= 4 is 5.52 Å². The third kappa shape index (κ3) is 1.67. The second-order valence-electron chi connectivity index (χ2n) is 4.07. The number of hydrogen-bond acceptors (Lipinski definition) is 2. The summed E-state index contributed by atoms with van der Waals surface area (Å²) < 4.78 is 15.2. The van der Waals surface area contributed by atoms with E-state index in [0.717, 1.165) is 16.8 Å². The molecule has 3 nitrogen and oxygen atoms in total. The van der Waals surface area contributed by atoms with Gasteiger partial charge in [-0.25, -0.2) is 9.37 Å². The lowest BCUT2D eigenvalue weighted by atomic mass is 10.2. The number of fused-ring (bicyclic) bond motifs is 1. The minimum absolute atomic E-state index is 0.269. The van der Waals surface area contributed by atoms with Gasteiger partial charge in [-0.1, -0.05) is 18.2 Å². The highest BCUT2D eigenvalue weighted by Crippen LogP contribution is 2.22. The van der Waals surface area contributed by atoms with Crippen molar-refractivity contribution in [2.24, 2.45) is 5.73 Å². The number of rotatable bonds is 2. The Morgan fingerprint density at radius 1 is 1.17 bits per heavy atom. The summed E-state index contributed by atoms with van der Waals surface area (Å²) in [5.74, 6) is 0.444. The van der Waals surface area contributed by atoms with Gasteiger partial charge in [-0.05, 0) is 24.3 Å². The van der Waals surface area contributed by atoms with Gasteiger partial charge in [0.2, 0.25) is 0 Å². The number of pyridine rings is 1. The molecule has 0 aliphatic carbocycles. The number of nitrogens with zero attached hydrogens (tertiary/aromatic N) is 2. The molecule has 2 N–H and O–H groups in total. The Kier molecular flexibility index (Phi) is 2.57. The molecule has 0 radical (unpaired) electrons. The van der Waals surface area contributed by atoms with Crippen molar-refractivity contribution in [2.75, 3.05) is 0 Å². The van der Waals surface area contributed by atoms with E-state index in [9.17, 15) is 4.39 Å². The molecule has 0 unspecified atom stereocenters. The van der Waals surface area contributed by atoms with Crippen LogP contribution in [0, 0.1) is 5.82 Å². The van der Waals surface area contributed by atoms with Crippen molar-refractivity contribution in [3.8, 4) is 11.4 Å². The van der Waals surface area contributed by atoms with Crippen molar-refractivity contribution in [3.05, 3.63) is 60.2 Å². The molecule has 90 valence electrons. The average Bonchev–Trinajstić information content (AvgIpc) is 2.82. The lowest BCUT2D eigenvalue weighted by Crippen LogP contribution is -2.04. The maximum atomic E-state index is 13.3. The highest BCUT2D eigenvalue weighted by molar-refractivity contribution is 5.63. The predicted octanol–water partition coefficient (Wildman–Crippen LogP) is 2.60. The summed E-state index contributed by atoms with van der Waals surface area (Å²) >= 11 is 0. The molecule has 0 aliphatic rings. The number of imidazole rings is 1. The van der Waals surface area contributed by atoms with Crippen LogP contribution in [-0.4, -0.2) is 9.38 Å². The molecule has 0 saturated carbocycles. The van der Waals surface area contributed by atoms with E-state index in [1.54, 1.807) is 12.3 Å². The Bertz CT molecular complexity index is 703. The molecule has 0 spiro atoms. The van der Waals surface area contributed by atoms with Gasteiger partial charge in [-0.15, -0.1) is 0 Å². The average molecular weight is 241 g/mol. The van der Waals surface area contributed by atoms with Crippen molar-refractivity contribution in [1.82, 2.24) is 9.38 Å². The largest absolute Gasteiger partial charge is 0.325 e. The smallest absolute Gasteiger partial charge is 0.144 e. The normalized spacial score (nSPS) is 11.0. The van der Waals surface area contributed by atoms with Crippen LogP contribution >= 0.6 is 0 Å². The molecule has 0 aliphatic heterocycles. The summed E-state index contributed by atoms with van der Waals surface area (Å²) in [4.78, 5) is 4.36. The summed E-state index contributed by atoms with van der Waals surface area (Å²) in [6, 6.07) is 12.2. The fourth-order valence-corrected chi connectivity index (χ4v) is 2.11. The number of benzene rings is 1. The molecule has 18 heavy (non-hydrogen) atoms. The van der Waals surface area contributed by atoms with Crippen LogP contribution in [-0.2, 0) is 6.54 Å². The molecule has 0 saturated heterocycles. The Morgan fingerprint density at radius 2 is 2.00 bits per heavy atom. The molecule has 4 heteroatoms. The molecule has 0 fully saturated rings. The molecule has 1 aromatic carbocycles. The molecular formula is C14H12FN3. The summed E-state index contributed by atoms with van der Waals surface area (Å²) in [7, 11) is 0. The van der Waals surface area contributed by atoms with Crippen molar-refractivity contribution < 1.29 is 4.39 Å². The van der Waals surface area contributed by atoms with Gasteiger partial charge in [-0.2, -0.15) is 0 Å². The fraction of sp³-hybridized carbons (Fsp3) is 0.0714. The van der Waals surface area contributed by atoms with Gasteiger partial charge in [-0.3, -0.25) is 4.40 Å². The zero-order valence-corrected chi connectivity index (χ0v) is 9.68. The SMILES string of the molecule is NCc1cccc2cnc(-c3cccc(F)c3)n12. The molecule has 0 bridgehead atoms. The molecule has 3 rings (SSSR count). The second-order valence-corrected chi connectivity index (χ2v) is 4.07. The van der Waals surface area contributed by atoms with Crippen LogP contribution in [0.4, 0.5) is 4.39 Å². The highest BCUT2D eigenvalue weighted by atomic mass is 19.1. The van der Waals surface area contributed by atoms with Crippen molar-refractivity contribution in [1.29, 1.82) is 0 Å². The zero-order chi connectivity index (χ0) is 12.5. The van der Waals surface area contributed by atoms with Crippen LogP contribution in [0.2, 0.25) is 0 Å². The molecule has 2 heterocycles. The maximum absolute atomic E-state index is 13.3. The molecule has 3 aromatic rings. The van der Waals surface area contributed by atoms with Crippen molar-refractivity contribution in [2.45, 2.75) is 6.54 Å². The van der Waals surface area contributed by atoms with E-state index in [-0.39, 0.29) is 5.82 Å². The van der Waals surface area contributed by atoms with E-state index < -0.39 is 0 Å². The van der Waals surface area contributed by atoms with Crippen LogP contribution in [0.15, 0.2) is 48.7 Å². The Labute approximate surface area is 104 Å². The zero-order valence-electron chi connectivity index (χ0n) is 9.68. The lowest BCUT2D eigenvalue weighted by molar-refractivity contribution is 0.628. The first-order valence-corrected chi connectivity index (χ1v) is 5.71. The van der Waals surface area contributed by atoms with Crippen molar-refractivity contribution in [3.63, 3.8) is 0 Å². The summed E-state index contributed by atoms with van der Waals surface area (Å²) in [6.07, 6.45) is 1.76. The number of nitrogens with two attached hydrogens (primary N) is 1. The van der Waals surface area contributed by atoms with E-state index in [2.05, 4.69) is 4.98 Å². The van der Waals surface area contributed by atoms with Gasteiger partial charge in [0.05, 0.1) is 11.7 Å².